The number of halogens is 1. The third-order valence-electron chi connectivity index (χ3n) is 3.51. The number of carbonyl (C=O) groups is 2. The fraction of sp³-hybridized carbons (Fsp3) is 0.556. The minimum atomic E-state index is -1.20. The third kappa shape index (κ3) is 5.81. The van der Waals surface area contributed by atoms with Crippen molar-refractivity contribution in [3.05, 3.63) is 23.2 Å². The molecule has 0 saturated heterocycles. The molecule has 0 radical (unpaired) electrons. The Morgan fingerprint density at radius 1 is 1.28 bits per heavy atom. The van der Waals surface area contributed by atoms with Gasteiger partial charge in [-0.1, -0.05) is 25.4 Å². The summed E-state index contributed by atoms with van der Waals surface area (Å²) in [6.07, 6.45) is 0. The van der Waals surface area contributed by atoms with E-state index in [1.165, 1.54) is 7.11 Å². The van der Waals surface area contributed by atoms with Crippen LogP contribution in [0.2, 0.25) is 5.02 Å². The predicted molar refractivity (Wildman–Crippen MR) is 97.1 cm³/mol. The van der Waals surface area contributed by atoms with Gasteiger partial charge in [-0.05, 0) is 44.9 Å². The number of hydrogen-bond acceptors (Lipinski definition) is 6. The lowest BCUT2D eigenvalue weighted by atomic mass is 10.0. The van der Waals surface area contributed by atoms with Gasteiger partial charge in [0.25, 0.3) is 0 Å². The SMILES string of the molecule is CCOC(=O)C(C)(C)Oc1ccc(Cl)cc1N[C@H](C(=O)OC)C(C)C. The topological polar surface area (TPSA) is 73.9 Å². The molecule has 0 aliphatic rings. The molecule has 0 amide bonds. The van der Waals surface area contributed by atoms with Gasteiger partial charge in [-0.15, -0.1) is 0 Å². The summed E-state index contributed by atoms with van der Waals surface area (Å²) >= 11 is 6.07. The van der Waals surface area contributed by atoms with E-state index in [4.69, 9.17) is 25.8 Å². The number of anilines is 1. The predicted octanol–water partition coefficient (Wildman–Crippen LogP) is 3.67. The standard InChI is InChI=1S/C18H26ClNO5/c1-7-24-17(22)18(4,5)25-14-9-8-12(19)10-13(14)20-15(11(2)3)16(21)23-6/h8-11,15,20H,7H2,1-6H3/t15-/m0/s1. The molecule has 0 aliphatic carbocycles. The molecule has 1 atom stereocenters. The highest BCUT2D eigenvalue weighted by atomic mass is 35.5. The van der Waals surface area contributed by atoms with Crippen LogP contribution in [0.3, 0.4) is 0 Å². The van der Waals surface area contributed by atoms with E-state index in [2.05, 4.69) is 5.32 Å². The monoisotopic (exact) mass is 371 g/mol. The molecular weight excluding hydrogens is 346 g/mol. The Kier molecular flexibility index (Phi) is 7.55. The summed E-state index contributed by atoms with van der Waals surface area (Å²) in [5, 5.41) is 3.56. The lowest BCUT2D eigenvalue weighted by Gasteiger charge is -2.27. The highest BCUT2D eigenvalue weighted by Gasteiger charge is 2.33. The number of rotatable bonds is 8. The van der Waals surface area contributed by atoms with Gasteiger partial charge in [0.15, 0.2) is 5.60 Å². The van der Waals surface area contributed by atoms with Crippen LogP contribution >= 0.6 is 11.6 Å². The first-order valence-electron chi connectivity index (χ1n) is 8.12. The second-order valence-corrected chi connectivity index (χ2v) is 6.80. The van der Waals surface area contributed by atoms with Crippen molar-refractivity contribution in [3.63, 3.8) is 0 Å². The smallest absolute Gasteiger partial charge is 0.349 e. The van der Waals surface area contributed by atoms with Crippen molar-refractivity contribution < 1.29 is 23.8 Å². The van der Waals surface area contributed by atoms with Crippen molar-refractivity contribution in [1.82, 2.24) is 0 Å². The van der Waals surface area contributed by atoms with E-state index < -0.39 is 23.6 Å². The van der Waals surface area contributed by atoms with E-state index >= 15 is 0 Å². The molecule has 1 aromatic rings. The summed E-state index contributed by atoms with van der Waals surface area (Å²) in [5.41, 5.74) is -0.701. The number of benzene rings is 1. The van der Waals surface area contributed by atoms with E-state index in [1.807, 2.05) is 13.8 Å². The van der Waals surface area contributed by atoms with Gasteiger partial charge in [-0.25, -0.2) is 9.59 Å². The van der Waals surface area contributed by atoms with E-state index in [0.717, 1.165) is 0 Å². The second-order valence-electron chi connectivity index (χ2n) is 6.36. The molecule has 1 aromatic carbocycles. The van der Waals surface area contributed by atoms with Crippen LogP contribution in [0.4, 0.5) is 5.69 Å². The largest absolute Gasteiger partial charge is 0.474 e. The minimum absolute atomic E-state index is 0.0302. The van der Waals surface area contributed by atoms with Crippen LogP contribution < -0.4 is 10.1 Å². The molecule has 1 rings (SSSR count). The molecule has 0 unspecified atom stereocenters. The summed E-state index contributed by atoms with van der Waals surface area (Å²) in [4.78, 5) is 24.1. The Morgan fingerprint density at radius 2 is 1.92 bits per heavy atom. The quantitative estimate of drug-likeness (QED) is 0.703. The Morgan fingerprint density at radius 3 is 2.44 bits per heavy atom. The Balaban J connectivity index is 3.14. The van der Waals surface area contributed by atoms with Crippen molar-refractivity contribution in [2.75, 3.05) is 19.0 Å². The lowest BCUT2D eigenvalue weighted by molar-refractivity contribution is -0.158. The Hall–Kier alpha value is -1.95. The van der Waals surface area contributed by atoms with Crippen LogP contribution in [0.15, 0.2) is 18.2 Å². The molecule has 0 saturated carbocycles. The molecule has 0 aliphatic heterocycles. The van der Waals surface area contributed by atoms with E-state index in [0.29, 0.717) is 16.5 Å². The molecule has 7 heteroatoms. The van der Waals surface area contributed by atoms with Gasteiger partial charge in [0, 0.05) is 5.02 Å². The van der Waals surface area contributed by atoms with Crippen LogP contribution in [0.25, 0.3) is 0 Å². The lowest BCUT2D eigenvalue weighted by Crippen LogP contribution is -2.40. The van der Waals surface area contributed by atoms with Gasteiger partial charge in [0.2, 0.25) is 0 Å². The van der Waals surface area contributed by atoms with Crippen molar-refractivity contribution in [3.8, 4) is 5.75 Å². The van der Waals surface area contributed by atoms with Crippen LogP contribution in [-0.4, -0.2) is 37.3 Å². The molecular formula is C18H26ClNO5. The number of methoxy groups -OCH3 is 1. The van der Waals surface area contributed by atoms with Gasteiger partial charge >= 0.3 is 11.9 Å². The van der Waals surface area contributed by atoms with E-state index in [1.54, 1.807) is 39.0 Å². The number of nitrogens with one attached hydrogen (secondary N) is 1. The van der Waals surface area contributed by atoms with Gasteiger partial charge in [-0.3, -0.25) is 0 Å². The summed E-state index contributed by atoms with van der Waals surface area (Å²) in [6.45, 7) is 9.00. The van der Waals surface area contributed by atoms with Crippen LogP contribution in [0.1, 0.15) is 34.6 Å². The van der Waals surface area contributed by atoms with Crippen LogP contribution in [-0.2, 0) is 19.1 Å². The van der Waals surface area contributed by atoms with Crippen molar-refractivity contribution in [2.45, 2.75) is 46.3 Å². The number of ether oxygens (including phenoxy) is 3. The molecule has 1 N–H and O–H groups in total. The van der Waals surface area contributed by atoms with Gasteiger partial charge in [-0.2, -0.15) is 0 Å². The number of carbonyl (C=O) groups excluding carboxylic acids is 2. The molecule has 0 bridgehead atoms. The maximum Gasteiger partial charge on any atom is 0.349 e. The third-order valence-corrected chi connectivity index (χ3v) is 3.74. The van der Waals surface area contributed by atoms with Crippen LogP contribution in [0.5, 0.6) is 5.75 Å². The fourth-order valence-corrected chi connectivity index (χ4v) is 2.29. The number of hydrogen-bond donors (Lipinski definition) is 1. The van der Waals surface area contributed by atoms with Crippen molar-refractivity contribution >= 4 is 29.2 Å². The number of esters is 2. The van der Waals surface area contributed by atoms with E-state index in [9.17, 15) is 9.59 Å². The molecule has 0 heterocycles. The highest BCUT2D eigenvalue weighted by Crippen LogP contribution is 2.32. The first-order chi connectivity index (χ1) is 11.6. The zero-order valence-corrected chi connectivity index (χ0v) is 16.3. The average molecular weight is 372 g/mol. The molecule has 0 spiro atoms. The molecule has 0 fully saturated rings. The van der Waals surface area contributed by atoms with Crippen molar-refractivity contribution in [2.24, 2.45) is 5.92 Å². The Labute approximate surface area is 153 Å². The molecule has 6 nitrogen and oxygen atoms in total. The highest BCUT2D eigenvalue weighted by molar-refractivity contribution is 6.31. The summed E-state index contributed by atoms with van der Waals surface area (Å²) < 4.78 is 15.7. The average Bonchev–Trinajstić information content (AvgIpc) is 2.53. The van der Waals surface area contributed by atoms with Gasteiger partial charge < -0.3 is 19.5 Å². The molecule has 140 valence electrons. The van der Waals surface area contributed by atoms with Gasteiger partial charge in [0.05, 0.1) is 19.4 Å². The maximum absolute atomic E-state index is 12.1. The first-order valence-corrected chi connectivity index (χ1v) is 8.50. The fourth-order valence-electron chi connectivity index (χ4n) is 2.12. The summed E-state index contributed by atoms with van der Waals surface area (Å²) in [5.74, 6) is -0.524. The Bertz CT molecular complexity index is 615. The summed E-state index contributed by atoms with van der Waals surface area (Å²) in [7, 11) is 1.33. The molecule has 0 aromatic heterocycles. The first kappa shape index (κ1) is 21.1. The maximum atomic E-state index is 12.1. The minimum Gasteiger partial charge on any atom is -0.474 e. The van der Waals surface area contributed by atoms with Crippen molar-refractivity contribution in [1.29, 1.82) is 0 Å². The van der Waals surface area contributed by atoms with Gasteiger partial charge in [0.1, 0.15) is 11.8 Å². The zero-order chi connectivity index (χ0) is 19.2. The zero-order valence-electron chi connectivity index (χ0n) is 15.5. The molecule has 25 heavy (non-hydrogen) atoms. The normalized spacial score (nSPS) is 12.5. The van der Waals surface area contributed by atoms with E-state index in [-0.39, 0.29) is 12.5 Å². The second kappa shape index (κ2) is 8.94. The van der Waals surface area contributed by atoms with Crippen LogP contribution in [0, 0.1) is 5.92 Å². The summed E-state index contributed by atoms with van der Waals surface area (Å²) in [6, 6.07) is 4.33.